The van der Waals surface area contributed by atoms with Gasteiger partial charge in [0, 0.05) is 21.3 Å². The second-order valence-electron chi connectivity index (χ2n) is 6.58. The standard InChI is InChI=1S/C23H16Cl2N4O2/c24-16-8-6-15(7-9-16)22(30)28-21-20(14-26-29(21)19-4-2-1-3-5-19)23(31)27-18-12-10-17(25)11-13-18/h1-14H,(H,27,31)(H,28,30). The van der Waals surface area contributed by atoms with Crippen LogP contribution in [-0.4, -0.2) is 21.6 Å². The van der Waals surface area contributed by atoms with Crippen molar-refractivity contribution >= 4 is 46.5 Å². The summed E-state index contributed by atoms with van der Waals surface area (Å²) in [6.07, 6.45) is 1.41. The molecule has 0 aliphatic carbocycles. The van der Waals surface area contributed by atoms with Gasteiger partial charge in [-0.25, -0.2) is 4.68 Å². The largest absolute Gasteiger partial charge is 0.322 e. The van der Waals surface area contributed by atoms with Gasteiger partial charge in [0.15, 0.2) is 0 Å². The Bertz CT molecular complexity index is 1220. The van der Waals surface area contributed by atoms with E-state index in [0.29, 0.717) is 27.0 Å². The Morgan fingerprint density at radius 3 is 2.00 bits per heavy atom. The van der Waals surface area contributed by atoms with Crippen LogP contribution < -0.4 is 10.6 Å². The Hall–Kier alpha value is -3.61. The normalized spacial score (nSPS) is 10.5. The molecule has 0 fully saturated rings. The van der Waals surface area contributed by atoms with Crippen molar-refractivity contribution in [2.75, 3.05) is 10.6 Å². The molecule has 8 heteroatoms. The van der Waals surface area contributed by atoms with Gasteiger partial charge in [-0.05, 0) is 60.7 Å². The van der Waals surface area contributed by atoms with Crippen LogP contribution in [0.4, 0.5) is 11.5 Å². The molecule has 0 atom stereocenters. The highest BCUT2D eigenvalue weighted by Gasteiger charge is 2.21. The summed E-state index contributed by atoms with van der Waals surface area (Å²) >= 11 is 11.8. The molecule has 0 unspecified atom stereocenters. The summed E-state index contributed by atoms with van der Waals surface area (Å²) < 4.78 is 1.50. The molecule has 4 aromatic rings. The fourth-order valence-corrected chi connectivity index (χ4v) is 3.16. The topological polar surface area (TPSA) is 76.0 Å². The first-order chi connectivity index (χ1) is 15.0. The molecule has 1 aromatic heterocycles. The van der Waals surface area contributed by atoms with Crippen molar-refractivity contribution in [1.29, 1.82) is 0 Å². The number of anilines is 2. The minimum absolute atomic E-state index is 0.209. The number of carbonyl (C=O) groups excluding carboxylic acids is 2. The second kappa shape index (κ2) is 9.04. The van der Waals surface area contributed by atoms with E-state index < -0.39 is 11.8 Å². The lowest BCUT2D eigenvalue weighted by atomic mass is 10.2. The number of amides is 2. The average Bonchev–Trinajstić information content (AvgIpc) is 3.20. The molecule has 2 amide bonds. The molecule has 0 spiro atoms. The van der Waals surface area contributed by atoms with E-state index in [4.69, 9.17) is 23.2 Å². The minimum Gasteiger partial charge on any atom is -0.322 e. The third-order valence-corrected chi connectivity index (χ3v) is 4.96. The molecule has 2 N–H and O–H groups in total. The summed E-state index contributed by atoms with van der Waals surface area (Å²) in [5.41, 5.74) is 1.87. The highest BCUT2D eigenvalue weighted by atomic mass is 35.5. The van der Waals surface area contributed by atoms with E-state index in [1.165, 1.54) is 10.9 Å². The van der Waals surface area contributed by atoms with E-state index in [2.05, 4.69) is 15.7 Å². The molecule has 31 heavy (non-hydrogen) atoms. The fraction of sp³-hybridized carbons (Fsp3) is 0. The summed E-state index contributed by atoms with van der Waals surface area (Å²) in [4.78, 5) is 25.8. The third kappa shape index (κ3) is 4.77. The molecule has 154 valence electrons. The van der Waals surface area contributed by atoms with Gasteiger partial charge in [-0.3, -0.25) is 9.59 Å². The van der Waals surface area contributed by atoms with Gasteiger partial charge in [-0.1, -0.05) is 41.4 Å². The van der Waals surface area contributed by atoms with Gasteiger partial charge >= 0.3 is 0 Å². The van der Waals surface area contributed by atoms with E-state index in [1.807, 2.05) is 30.3 Å². The van der Waals surface area contributed by atoms with Crippen LogP contribution >= 0.6 is 23.2 Å². The number of aromatic nitrogens is 2. The van der Waals surface area contributed by atoms with Crippen LogP contribution in [0.2, 0.25) is 10.0 Å². The minimum atomic E-state index is -0.420. The Labute approximate surface area is 188 Å². The summed E-state index contributed by atoms with van der Waals surface area (Å²) in [6.45, 7) is 0. The Morgan fingerprint density at radius 2 is 1.35 bits per heavy atom. The highest BCUT2D eigenvalue weighted by Crippen LogP contribution is 2.23. The number of rotatable bonds is 5. The lowest BCUT2D eigenvalue weighted by Gasteiger charge is -2.12. The quantitative estimate of drug-likeness (QED) is 0.410. The number of halogens is 2. The maximum Gasteiger partial charge on any atom is 0.261 e. The first-order valence-electron chi connectivity index (χ1n) is 9.28. The van der Waals surface area contributed by atoms with Crippen LogP contribution in [0.1, 0.15) is 20.7 Å². The van der Waals surface area contributed by atoms with E-state index in [0.717, 1.165) is 0 Å². The van der Waals surface area contributed by atoms with E-state index in [-0.39, 0.29) is 11.4 Å². The van der Waals surface area contributed by atoms with E-state index in [9.17, 15) is 9.59 Å². The average molecular weight is 451 g/mol. The number of benzene rings is 3. The first kappa shape index (κ1) is 20.7. The maximum atomic E-state index is 13.0. The van der Waals surface area contributed by atoms with Crippen LogP contribution in [0.25, 0.3) is 5.69 Å². The predicted molar refractivity (Wildman–Crippen MR) is 122 cm³/mol. The lowest BCUT2D eigenvalue weighted by molar-refractivity contribution is 0.102. The fourth-order valence-electron chi connectivity index (χ4n) is 2.91. The smallest absolute Gasteiger partial charge is 0.261 e. The molecule has 1 heterocycles. The van der Waals surface area contributed by atoms with Crippen LogP contribution in [0.15, 0.2) is 85.1 Å². The zero-order valence-electron chi connectivity index (χ0n) is 16.0. The number of hydrogen-bond donors (Lipinski definition) is 2. The van der Waals surface area contributed by atoms with Gasteiger partial charge in [-0.15, -0.1) is 0 Å². The van der Waals surface area contributed by atoms with E-state index in [1.54, 1.807) is 48.5 Å². The van der Waals surface area contributed by atoms with Gasteiger partial charge < -0.3 is 10.6 Å². The van der Waals surface area contributed by atoms with Crippen molar-refractivity contribution < 1.29 is 9.59 Å². The molecule has 0 aliphatic rings. The molecular weight excluding hydrogens is 435 g/mol. The van der Waals surface area contributed by atoms with Crippen molar-refractivity contribution in [3.8, 4) is 5.69 Å². The number of nitrogens with one attached hydrogen (secondary N) is 2. The highest BCUT2D eigenvalue weighted by molar-refractivity contribution is 6.31. The van der Waals surface area contributed by atoms with Gasteiger partial charge in [0.05, 0.1) is 11.9 Å². The number of carbonyl (C=O) groups is 2. The van der Waals surface area contributed by atoms with Gasteiger partial charge in [0.1, 0.15) is 11.4 Å². The molecule has 3 aromatic carbocycles. The molecule has 4 rings (SSSR count). The Balaban J connectivity index is 1.68. The van der Waals surface area contributed by atoms with Crippen LogP contribution in [-0.2, 0) is 0 Å². The van der Waals surface area contributed by atoms with Crippen molar-refractivity contribution in [2.45, 2.75) is 0 Å². The van der Waals surface area contributed by atoms with Crippen molar-refractivity contribution in [1.82, 2.24) is 9.78 Å². The summed E-state index contributed by atoms with van der Waals surface area (Å²) in [6, 6.07) is 22.4. The molecule has 0 radical (unpaired) electrons. The molecular formula is C23H16Cl2N4O2. The molecule has 0 saturated heterocycles. The lowest BCUT2D eigenvalue weighted by Crippen LogP contribution is -2.19. The number of hydrogen-bond acceptors (Lipinski definition) is 3. The molecule has 0 aliphatic heterocycles. The van der Waals surface area contributed by atoms with Gasteiger partial charge in [-0.2, -0.15) is 5.10 Å². The zero-order chi connectivity index (χ0) is 21.8. The summed E-state index contributed by atoms with van der Waals surface area (Å²) in [5, 5.41) is 11.0. The van der Waals surface area contributed by atoms with Crippen LogP contribution in [0, 0.1) is 0 Å². The van der Waals surface area contributed by atoms with Crippen molar-refractivity contribution in [2.24, 2.45) is 0 Å². The molecule has 0 saturated carbocycles. The Kier molecular flexibility index (Phi) is 6.02. The van der Waals surface area contributed by atoms with Crippen molar-refractivity contribution in [3.05, 3.63) is 106 Å². The SMILES string of the molecule is O=C(Nc1c(C(=O)Nc2ccc(Cl)cc2)cnn1-c1ccccc1)c1ccc(Cl)cc1. The Morgan fingerprint density at radius 1 is 0.742 bits per heavy atom. The third-order valence-electron chi connectivity index (χ3n) is 4.46. The molecule has 0 bridgehead atoms. The predicted octanol–water partition coefficient (Wildman–Crippen LogP) is 5.68. The number of para-hydroxylation sites is 1. The van der Waals surface area contributed by atoms with E-state index >= 15 is 0 Å². The van der Waals surface area contributed by atoms with Crippen molar-refractivity contribution in [3.63, 3.8) is 0 Å². The number of nitrogens with zero attached hydrogens (tertiary/aromatic N) is 2. The van der Waals surface area contributed by atoms with Gasteiger partial charge in [0.25, 0.3) is 11.8 Å². The summed E-state index contributed by atoms with van der Waals surface area (Å²) in [7, 11) is 0. The second-order valence-corrected chi connectivity index (χ2v) is 7.45. The zero-order valence-corrected chi connectivity index (χ0v) is 17.6. The first-order valence-corrected chi connectivity index (χ1v) is 10.0. The van der Waals surface area contributed by atoms with Crippen LogP contribution in [0.5, 0.6) is 0 Å². The monoisotopic (exact) mass is 450 g/mol. The van der Waals surface area contributed by atoms with Crippen LogP contribution in [0.3, 0.4) is 0 Å². The molecule has 6 nitrogen and oxygen atoms in total. The maximum absolute atomic E-state index is 13.0. The summed E-state index contributed by atoms with van der Waals surface area (Å²) in [5.74, 6) is -0.566. The van der Waals surface area contributed by atoms with Gasteiger partial charge in [0.2, 0.25) is 0 Å².